The number of rotatable bonds is 7. The smallest absolute Gasteiger partial charge is 0.134 e. The van der Waals surface area contributed by atoms with E-state index in [2.05, 4.69) is 55.6 Å². The molecule has 0 amide bonds. The van der Waals surface area contributed by atoms with Crippen molar-refractivity contribution in [3.8, 4) is 11.3 Å². The maximum Gasteiger partial charge on any atom is 0.134 e. The van der Waals surface area contributed by atoms with E-state index in [0.717, 1.165) is 37.5 Å². The fraction of sp³-hybridized carbons (Fsp3) is 0.412. The minimum Gasteiger partial charge on any atom is -0.460 e. The molecule has 0 spiro atoms. The summed E-state index contributed by atoms with van der Waals surface area (Å²) in [5.41, 5.74) is 2.55. The molecular weight excluding hydrogens is 234 g/mol. The van der Waals surface area contributed by atoms with Gasteiger partial charge in [-0.2, -0.15) is 0 Å². The maximum absolute atomic E-state index is 5.89. The van der Waals surface area contributed by atoms with Crippen LogP contribution in [0.4, 0.5) is 0 Å². The van der Waals surface area contributed by atoms with E-state index in [1.54, 1.807) is 0 Å². The summed E-state index contributed by atoms with van der Waals surface area (Å²) in [5.74, 6) is 1.97. The molecule has 2 aromatic rings. The molecule has 2 nitrogen and oxygen atoms in total. The fourth-order valence-electron chi connectivity index (χ4n) is 2.19. The highest BCUT2D eigenvalue weighted by Gasteiger charge is 2.05. The lowest BCUT2D eigenvalue weighted by molar-refractivity contribution is 0.493. The van der Waals surface area contributed by atoms with Crippen LogP contribution < -0.4 is 5.32 Å². The molecule has 1 aromatic carbocycles. The van der Waals surface area contributed by atoms with Crippen molar-refractivity contribution in [1.29, 1.82) is 0 Å². The second-order valence-electron chi connectivity index (χ2n) is 4.89. The van der Waals surface area contributed by atoms with E-state index in [4.69, 9.17) is 4.42 Å². The predicted octanol–water partition coefficient (Wildman–Crippen LogP) is 4.40. The number of nitrogens with one attached hydrogen (secondary N) is 1. The molecule has 0 atom stereocenters. The molecule has 2 heteroatoms. The number of aryl methyl sites for hydroxylation is 1. The Labute approximate surface area is 115 Å². The summed E-state index contributed by atoms with van der Waals surface area (Å²) in [6.07, 6.45) is 3.44. The van der Waals surface area contributed by atoms with E-state index in [1.807, 2.05) is 0 Å². The van der Waals surface area contributed by atoms with Crippen molar-refractivity contribution in [3.05, 3.63) is 47.7 Å². The second kappa shape index (κ2) is 7.15. The Morgan fingerprint density at radius 3 is 2.74 bits per heavy atom. The van der Waals surface area contributed by atoms with E-state index < -0.39 is 0 Å². The van der Waals surface area contributed by atoms with Crippen molar-refractivity contribution in [2.45, 2.75) is 39.7 Å². The molecule has 0 radical (unpaired) electrons. The van der Waals surface area contributed by atoms with Gasteiger partial charge in [0.05, 0.1) is 6.54 Å². The third-order valence-corrected chi connectivity index (χ3v) is 3.14. The Kier molecular flexibility index (Phi) is 5.22. The quantitative estimate of drug-likeness (QED) is 0.744. The Bertz CT molecular complexity index is 501. The van der Waals surface area contributed by atoms with Gasteiger partial charge in [-0.3, -0.25) is 0 Å². The van der Waals surface area contributed by atoms with Crippen molar-refractivity contribution in [1.82, 2.24) is 5.32 Å². The summed E-state index contributed by atoms with van der Waals surface area (Å²) in [5, 5.41) is 3.35. The first kappa shape index (κ1) is 13.9. The zero-order valence-corrected chi connectivity index (χ0v) is 11.9. The Morgan fingerprint density at radius 1 is 1.05 bits per heavy atom. The van der Waals surface area contributed by atoms with Gasteiger partial charge in [-0.05, 0) is 43.1 Å². The molecule has 2 rings (SSSR count). The van der Waals surface area contributed by atoms with Gasteiger partial charge in [-0.1, -0.05) is 38.5 Å². The molecule has 19 heavy (non-hydrogen) atoms. The van der Waals surface area contributed by atoms with Crippen LogP contribution in [0, 0.1) is 0 Å². The van der Waals surface area contributed by atoms with Crippen molar-refractivity contribution in [2.24, 2.45) is 0 Å². The highest BCUT2D eigenvalue weighted by Crippen LogP contribution is 2.23. The van der Waals surface area contributed by atoms with Gasteiger partial charge in [-0.15, -0.1) is 0 Å². The van der Waals surface area contributed by atoms with Crippen molar-refractivity contribution >= 4 is 0 Å². The zero-order valence-electron chi connectivity index (χ0n) is 11.9. The number of hydrogen-bond donors (Lipinski definition) is 1. The van der Waals surface area contributed by atoms with Crippen molar-refractivity contribution in [2.75, 3.05) is 6.54 Å². The predicted molar refractivity (Wildman–Crippen MR) is 80.1 cm³/mol. The van der Waals surface area contributed by atoms with Crippen LogP contribution in [-0.4, -0.2) is 6.54 Å². The molecule has 1 N–H and O–H groups in total. The SMILES string of the molecule is CCCNCc1ccc(-c2cccc(CCC)c2)o1. The first-order chi connectivity index (χ1) is 9.33. The summed E-state index contributed by atoms with van der Waals surface area (Å²) >= 11 is 0. The van der Waals surface area contributed by atoms with Crippen LogP contribution in [-0.2, 0) is 13.0 Å². The number of hydrogen-bond acceptors (Lipinski definition) is 2. The molecule has 0 bridgehead atoms. The van der Waals surface area contributed by atoms with Crippen LogP contribution in [0.2, 0.25) is 0 Å². The maximum atomic E-state index is 5.89. The Morgan fingerprint density at radius 2 is 1.95 bits per heavy atom. The topological polar surface area (TPSA) is 25.2 Å². The standard InChI is InChI=1S/C17H23NO/c1-3-6-14-7-5-8-15(12-14)17-10-9-16(19-17)13-18-11-4-2/h5,7-10,12,18H,3-4,6,11,13H2,1-2H3. The largest absolute Gasteiger partial charge is 0.460 e. The van der Waals surface area contributed by atoms with E-state index in [1.165, 1.54) is 17.5 Å². The van der Waals surface area contributed by atoms with Crippen LogP contribution >= 0.6 is 0 Å². The van der Waals surface area contributed by atoms with E-state index in [-0.39, 0.29) is 0 Å². The molecule has 102 valence electrons. The Hall–Kier alpha value is -1.54. The van der Waals surface area contributed by atoms with E-state index in [0.29, 0.717) is 0 Å². The number of benzene rings is 1. The number of furan rings is 1. The van der Waals surface area contributed by atoms with Gasteiger partial charge in [0.15, 0.2) is 0 Å². The summed E-state index contributed by atoms with van der Waals surface area (Å²) in [4.78, 5) is 0. The van der Waals surface area contributed by atoms with Gasteiger partial charge in [-0.25, -0.2) is 0 Å². The highest BCUT2D eigenvalue weighted by atomic mass is 16.3. The average Bonchev–Trinajstić information content (AvgIpc) is 2.89. The lowest BCUT2D eigenvalue weighted by Crippen LogP contribution is -2.12. The van der Waals surface area contributed by atoms with Crippen molar-refractivity contribution < 1.29 is 4.42 Å². The monoisotopic (exact) mass is 257 g/mol. The van der Waals surface area contributed by atoms with Gasteiger partial charge in [0.25, 0.3) is 0 Å². The third kappa shape index (κ3) is 3.97. The fourth-order valence-corrected chi connectivity index (χ4v) is 2.19. The molecule has 0 aliphatic heterocycles. The van der Waals surface area contributed by atoms with Crippen LogP contribution in [0.15, 0.2) is 40.8 Å². The van der Waals surface area contributed by atoms with Crippen LogP contribution in [0.5, 0.6) is 0 Å². The summed E-state index contributed by atoms with van der Waals surface area (Å²) in [6, 6.07) is 12.8. The lowest BCUT2D eigenvalue weighted by atomic mass is 10.1. The Balaban J connectivity index is 2.07. The van der Waals surface area contributed by atoms with Crippen molar-refractivity contribution in [3.63, 3.8) is 0 Å². The summed E-state index contributed by atoms with van der Waals surface area (Å²) < 4.78 is 5.89. The summed E-state index contributed by atoms with van der Waals surface area (Å²) in [7, 11) is 0. The van der Waals surface area contributed by atoms with Crippen LogP contribution in [0.25, 0.3) is 11.3 Å². The first-order valence-electron chi connectivity index (χ1n) is 7.22. The molecule has 0 unspecified atom stereocenters. The molecule has 0 fully saturated rings. The normalized spacial score (nSPS) is 10.8. The third-order valence-electron chi connectivity index (χ3n) is 3.14. The minimum atomic E-state index is 0.808. The van der Waals surface area contributed by atoms with E-state index >= 15 is 0 Å². The molecule has 0 aliphatic rings. The summed E-state index contributed by atoms with van der Waals surface area (Å²) in [6.45, 7) is 6.21. The molecular formula is C17H23NO. The molecule has 1 aromatic heterocycles. The highest BCUT2D eigenvalue weighted by molar-refractivity contribution is 5.58. The lowest BCUT2D eigenvalue weighted by Gasteiger charge is -2.02. The van der Waals surface area contributed by atoms with Gasteiger partial charge in [0, 0.05) is 5.56 Å². The van der Waals surface area contributed by atoms with Crippen LogP contribution in [0.3, 0.4) is 0 Å². The molecule has 0 aliphatic carbocycles. The minimum absolute atomic E-state index is 0.808. The first-order valence-corrected chi connectivity index (χ1v) is 7.22. The van der Waals surface area contributed by atoms with Crippen LogP contribution in [0.1, 0.15) is 38.0 Å². The second-order valence-corrected chi connectivity index (χ2v) is 4.89. The molecule has 0 saturated heterocycles. The van der Waals surface area contributed by atoms with Gasteiger partial charge >= 0.3 is 0 Å². The molecule has 0 saturated carbocycles. The van der Waals surface area contributed by atoms with Gasteiger partial charge < -0.3 is 9.73 Å². The zero-order chi connectivity index (χ0) is 13.5. The average molecular weight is 257 g/mol. The van der Waals surface area contributed by atoms with E-state index in [9.17, 15) is 0 Å². The van der Waals surface area contributed by atoms with Gasteiger partial charge in [0.1, 0.15) is 11.5 Å². The van der Waals surface area contributed by atoms with Gasteiger partial charge in [0.2, 0.25) is 0 Å². The molecule has 1 heterocycles.